The number of hydrogen-bond donors (Lipinski definition) is 1. The highest BCUT2D eigenvalue weighted by Crippen LogP contribution is 2.47. The Hall–Kier alpha value is -3.33. The average molecular weight is 521 g/mol. The van der Waals surface area contributed by atoms with Crippen LogP contribution in [-0.4, -0.2) is 31.6 Å². The minimum absolute atomic E-state index is 0.0501. The van der Waals surface area contributed by atoms with Crippen molar-refractivity contribution in [3.8, 4) is 11.5 Å². The maximum Gasteiger partial charge on any atom is 0.416 e. The summed E-state index contributed by atoms with van der Waals surface area (Å²) in [5.74, 6) is -1.61. The number of hydrogen-bond acceptors (Lipinski definition) is 5. The Bertz CT molecular complexity index is 1290. The number of nitrogens with one attached hydrogen (secondary N) is 1. The number of halogens is 4. The minimum Gasteiger partial charge on any atom is -0.497 e. The quantitative estimate of drug-likeness (QED) is 0.509. The van der Waals surface area contributed by atoms with Crippen molar-refractivity contribution >= 4 is 34.7 Å². The van der Waals surface area contributed by atoms with Crippen molar-refractivity contribution in [2.75, 3.05) is 19.5 Å². The summed E-state index contributed by atoms with van der Waals surface area (Å²) in [5.41, 5.74) is 0.863. The van der Waals surface area contributed by atoms with Gasteiger partial charge < -0.3 is 14.8 Å². The van der Waals surface area contributed by atoms with Crippen molar-refractivity contribution in [2.45, 2.75) is 38.3 Å². The molecule has 2 aromatic rings. The summed E-state index contributed by atoms with van der Waals surface area (Å²) in [6.45, 7) is 1.67. The molecule has 0 saturated heterocycles. The standard InChI is InChI=1S/C26H24ClF3N2O4/c1-13-22(25(34)32-19-11-14(26(28,29)30)7-9-17(19)27)23(24-18(31-13)5-4-6-20(24)33)16-12-15(35-2)8-10-21(16)36-3/h7-12,22-23H,4-6H2,1-3H3,(H,32,34)/t22?,23-/m0/s1. The highest BCUT2D eigenvalue weighted by atomic mass is 35.5. The molecule has 0 spiro atoms. The van der Waals surface area contributed by atoms with E-state index in [0.29, 0.717) is 53.3 Å². The zero-order chi connectivity index (χ0) is 26.2. The van der Waals surface area contributed by atoms with Gasteiger partial charge in [-0.1, -0.05) is 11.6 Å². The van der Waals surface area contributed by atoms with Crippen LogP contribution in [0, 0.1) is 5.92 Å². The van der Waals surface area contributed by atoms with Gasteiger partial charge in [-0.25, -0.2) is 0 Å². The van der Waals surface area contributed by atoms with E-state index >= 15 is 0 Å². The molecule has 2 aromatic carbocycles. The fourth-order valence-corrected chi connectivity index (χ4v) is 4.94. The van der Waals surface area contributed by atoms with Gasteiger partial charge in [-0.15, -0.1) is 0 Å². The third-order valence-corrected chi connectivity index (χ3v) is 6.77. The number of anilines is 1. The lowest BCUT2D eigenvalue weighted by Crippen LogP contribution is -2.39. The number of nitrogens with zero attached hydrogens (tertiary/aromatic N) is 1. The van der Waals surface area contributed by atoms with Crippen LogP contribution >= 0.6 is 11.6 Å². The molecule has 6 nitrogen and oxygen atoms in total. The van der Waals surface area contributed by atoms with E-state index in [1.807, 2.05) is 0 Å². The van der Waals surface area contributed by atoms with E-state index in [2.05, 4.69) is 10.3 Å². The number of ketones is 1. The Balaban J connectivity index is 1.83. The number of aliphatic imine (C=N–C) groups is 1. The van der Waals surface area contributed by atoms with Gasteiger partial charge in [0.05, 0.1) is 36.4 Å². The van der Waals surface area contributed by atoms with Crippen molar-refractivity contribution in [1.29, 1.82) is 0 Å². The van der Waals surface area contributed by atoms with Gasteiger partial charge in [0.25, 0.3) is 0 Å². The molecule has 0 aromatic heterocycles. The zero-order valence-corrected chi connectivity index (χ0v) is 20.6. The van der Waals surface area contributed by atoms with Crippen LogP contribution in [0.5, 0.6) is 11.5 Å². The lowest BCUT2D eigenvalue weighted by atomic mass is 9.71. The summed E-state index contributed by atoms with van der Waals surface area (Å²) < 4.78 is 50.8. The van der Waals surface area contributed by atoms with Gasteiger partial charge in [-0.05, 0) is 56.2 Å². The predicted molar refractivity (Wildman–Crippen MR) is 130 cm³/mol. The summed E-state index contributed by atoms with van der Waals surface area (Å²) in [6.07, 6.45) is -3.08. The summed E-state index contributed by atoms with van der Waals surface area (Å²) in [7, 11) is 2.97. The number of ether oxygens (including phenoxy) is 2. The second-order valence-electron chi connectivity index (χ2n) is 8.64. The molecular formula is C26H24ClF3N2O4. The van der Waals surface area contributed by atoms with Gasteiger partial charge in [0.15, 0.2) is 5.78 Å². The molecule has 1 amide bonds. The van der Waals surface area contributed by atoms with Gasteiger partial charge >= 0.3 is 6.18 Å². The van der Waals surface area contributed by atoms with Crippen LogP contribution in [0.15, 0.2) is 52.7 Å². The Morgan fingerprint density at radius 1 is 1.11 bits per heavy atom. The number of carbonyl (C=O) groups excluding carboxylic acids is 2. The van der Waals surface area contributed by atoms with Crippen molar-refractivity contribution in [3.05, 3.63) is 63.8 Å². The smallest absolute Gasteiger partial charge is 0.416 e. The van der Waals surface area contributed by atoms with Crippen molar-refractivity contribution in [1.82, 2.24) is 0 Å². The topological polar surface area (TPSA) is 77.0 Å². The summed E-state index contributed by atoms with van der Waals surface area (Å²) >= 11 is 6.13. The van der Waals surface area contributed by atoms with Crippen LogP contribution in [0.4, 0.5) is 18.9 Å². The number of rotatable bonds is 5. The van der Waals surface area contributed by atoms with Crippen LogP contribution in [0.1, 0.15) is 43.2 Å². The molecule has 36 heavy (non-hydrogen) atoms. The Morgan fingerprint density at radius 2 is 1.86 bits per heavy atom. The van der Waals surface area contributed by atoms with E-state index < -0.39 is 29.5 Å². The predicted octanol–water partition coefficient (Wildman–Crippen LogP) is 6.20. The summed E-state index contributed by atoms with van der Waals surface area (Å²) in [4.78, 5) is 31.4. The highest BCUT2D eigenvalue weighted by molar-refractivity contribution is 6.34. The maximum atomic E-state index is 13.7. The second kappa shape index (κ2) is 9.97. The first-order valence-corrected chi connectivity index (χ1v) is 11.6. The number of benzene rings is 2. The lowest BCUT2D eigenvalue weighted by Gasteiger charge is -2.35. The van der Waals surface area contributed by atoms with Crippen molar-refractivity contribution in [3.63, 3.8) is 0 Å². The molecule has 1 heterocycles. The molecule has 4 rings (SSSR count). The number of amides is 1. The monoisotopic (exact) mass is 520 g/mol. The fourth-order valence-electron chi connectivity index (χ4n) is 4.77. The van der Waals surface area contributed by atoms with Crippen LogP contribution in [0.3, 0.4) is 0 Å². The number of allylic oxidation sites excluding steroid dienone is 2. The van der Waals surface area contributed by atoms with Crippen LogP contribution in [0.25, 0.3) is 0 Å². The van der Waals surface area contributed by atoms with Gasteiger partial charge in [-0.2, -0.15) is 13.2 Å². The third-order valence-electron chi connectivity index (χ3n) is 6.44. The highest BCUT2D eigenvalue weighted by Gasteiger charge is 2.44. The zero-order valence-electron chi connectivity index (χ0n) is 19.8. The molecule has 190 valence electrons. The summed E-state index contributed by atoms with van der Waals surface area (Å²) in [6, 6.07) is 7.78. The largest absolute Gasteiger partial charge is 0.497 e. The Morgan fingerprint density at radius 3 is 2.53 bits per heavy atom. The first kappa shape index (κ1) is 25.8. The van der Waals surface area contributed by atoms with Gasteiger partial charge in [0.1, 0.15) is 11.5 Å². The SMILES string of the molecule is COc1ccc(OC)c([C@@H]2C3=C(CCCC3=O)N=C(C)C2C(=O)Nc2cc(C(F)(F)F)ccc2Cl)c1. The first-order valence-electron chi connectivity index (χ1n) is 11.3. The summed E-state index contributed by atoms with van der Waals surface area (Å²) in [5, 5.41) is 2.49. The second-order valence-corrected chi connectivity index (χ2v) is 9.04. The van der Waals surface area contributed by atoms with Gasteiger partial charge in [0.2, 0.25) is 5.91 Å². The van der Waals surface area contributed by atoms with Crippen LogP contribution in [-0.2, 0) is 15.8 Å². The van der Waals surface area contributed by atoms with E-state index in [1.165, 1.54) is 14.2 Å². The van der Waals surface area contributed by atoms with Crippen LogP contribution in [0.2, 0.25) is 5.02 Å². The van der Waals surface area contributed by atoms with E-state index in [1.54, 1.807) is 25.1 Å². The number of Topliss-reactive ketones (excluding diaryl/α,β-unsaturated/α-hetero) is 1. The average Bonchev–Trinajstić information content (AvgIpc) is 2.83. The molecule has 2 aliphatic rings. The first-order chi connectivity index (χ1) is 17.0. The molecular weight excluding hydrogens is 497 g/mol. The number of carbonyl (C=O) groups is 2. The normalized spacial score (nSPS) is 20.0. The minimum atomic E-state index is -4.61. The van der Waals surface area contributed by atoms with Crippen molar-refractivity contribution in [2.24, 2.45) is 10.9 Å². The van der Waals surface area contributed by atoms with E-state index in [-0.39, 0.29) is 16.5 Å². The fraction of sp³-hybridized carbons (Fsp3) is 0.346. The third kappa shape index (κ3) is 4.84. The van der Waals surface area contributed by atoms with E-state index in [4.69, 9.17) is 21.1 Å². The van der Waals surface area contributed by atoms with Gasteiger partial charge in [-0.3, -0.25) is 14.6 Å². The van der Waals surface area contributed by atoms with Crippen LogP contribution < -0.4 is 14.8 Å². The molecule has 0 fully saturated rings. The molecule has 1 aliphatic carbocycles. The molecule has 1 unspecified atom stereocenters. The molecule has 2 atom stereocenters. The maximum absolute atomic E-state index is 13.7. The van der Waals surface area contributed by atoms with E-state index in [9.17, 15) is 22.8 Å². The molecule has 1 N–H and O–H groups in total. The van der Waals surface area contributed by atoms with Gasteiger partial charge in [0, 0.05) is 34.9 Å². The Kier molecular flexibility index (Phi) is 7.13. The van der Waals surface area contributed by atoms with Crippen molar-refractivity contribution < 1.29 is 32.2 Å². The Labute approximate surface area is 211 Å². The molecule has 0 bridgehead atoms. The molecule has 0 saturated carbocycles. The molecule has 1 aliphatic heterocycles. The molecule has 0 radical (unpaired) electrons. The lowest BCUT2D eigenvalue weighted by molar-refractivity contribution is -0.137. The number of alkyl halides is 3. The van der Waals surface area contributed by atoms with E-state index in [0.717, 1.165) is 18.2 Å². The number of methoxy groups -OCH3 is 2. The molecule has 10 heteroatoms.